The second kappa shape index (κ2) is 4.50. The van der Waals surface area contributed by atoms with Crippen molar-refractivity contribution in [2.24, 2.45) is 0 Å². The second-order valence-corrected chi connectivity index (χ2v) is 5.99. The van der Waals surface area contributed by atoms with Crippen LogP contribution >= 0.6 is 11.3 Å². The lowest BCUT2D eigenvalue weighted by Gasteiger charge is -2.04. The first-order valence-electron chi connectivity index (χ1n) is 6.59. The summed E-state index contributed by atoms with van der Waals surface area (Å²) in [6.45, 7) is 0. The minimum atomic E-state index is 0.824. The molecule has 0 fully saturated rings. The van der Waals surface area contributed by atoms with Crippen LogP contribution in [0.1, 0.15) is 0 Å². The zero-order valence-electron chi connectivity index (χ0n) is 10.8. The highest BCUT2D eigenvalue weighted by Gasteiger charge is 2.10. The number of fused-ring (bicyclic) bond motifs is 3. The average Bonchev–Trinajstić information content (AvgIpc) is 2.85. The highest BCUT2D eigenvalue weighted by molar-refractivity contribution is 7.26. The summed E-state index contributed by atoms with van der Waals surface area (Å²) in [6, 6.07) is 23.2. The van der Waals surface area contributed by atoms with E-state index in [1.54, 1.807) is 11.3 Å². The fraction of sp³-hybridized carbons (Fsp3) is 0. The SMILES string of the molecule is [B]c1ccc2c(c1)sc1cccc(-c3ccccc3)c12. The summed E-state index contributed by atoms with van der Waals surface area (Å²) in [7, 11) is 5.90. The highest BCUT2D eigenvalue weighted by Crippen LogP contribution is 2.39. The molecule has 0 N–H and O–H groups in total. The molecule has 92 valence electrons. The maximum absolute atomic E-state index is 5.90. The summed E-state index contributed by atoms with van der Waals surface area (Å²) in [5.74, 6) is 0. The smallest absolute Gasteiger partial charge is 0.113 e. The van der Waals surface area contributed by atoms with E-state index in [0.717, 1.165) is 5.46 Å². The Morgan fingerprint density at radius 1 is 0.750 bits per heavy atom. The van der Waals surface area contributed by atoms with Crippen LogP contribution in [0.5, 0.6) is 0 Å². The van der Waals surface area contributed by atoms with Gasteiger partial charge in [0.15, 0.2) is 0 Å². The van der Waals surface area contributed by atoms with Crippen LogP contribution in [0.4, 0.5) is 0 Å². The van der Waals surface area contributed by atoms with E-state index in [-0.39, 0.29) is 0 Å². The van der Waals surface area contributed by atoms with Gasteiger partial charge in [0.25, 0.3) is 0 Å². The van der Waals surface area contributed by atoms with Crippen molar-refractivity contribution in [3.63, 3.8) is 0 Å². The normalized spacial score (nSPS) is 11.2. The molecule has 0 atom stereocenters. The first kappa shape index (κ1) is 11.7. The Kier molecular flexibility index (Phi) is 2.64. The lowest BCUT2D eigenvalue weighted by molar-refractivity contribution is 1.67. The van der Waals surface area contributed by atoms with Gasteiger partial charge < -0.3 is 0 Å². The van der Waals surface area contributed by atoms with Crippen molar-refractivity contribution in [2.45, 2.75) is 0 Å². The van der Waals surface area contributed by atoms with Crippen molar-refractivity contribution in [3.8, 4) is 11.1 Å². The fourth-order valence-corrected chi connectivity index (χ4v) is 3.88. The average molecular weight is 270 g/mol. The van der Waals surface area contributed by atoms with E-state index in [1.165, 1.54) is 31.3 Å². The predicted octanol–water partition coefficient (Wildman–Crippen LogP) is 4.52. The standard InChI is InChI=1S/C18H11BS/c19-13-9-10-15-17(11-13)20-16-8-4-7-14(18(15)16)12-5-2-1-3-6-12/h1-11H. The quantitative estimate of drug-likeness (QED) is 0.446. The molecule has 0 aliphatic heterocycles. The number of rotatable bonds is 1. The maximum atomic E-state index is 5.90. The minimum Gasteiger partial charge on any atom is -0.135 e. The van der Waals surface area contributed by atoms with Gasteiger partial charge in [0.05, 0.1) is 0 Å². The van der Waals surface area contributed by atoms with Gasteiger partial charge in [-0.3, -0.25) is 0 Å². The zero-order chi connectivity index (χ0) is 13.5. The van der Waals surface area contributed by atoms with Crippen LogP contribution in [0.2, 0.25) is 0 Å². The third kappa shape index (κ3) is 1.76. The molecule has 0 bridgehead atoms. The van der Waals surface area contributed by atoms with E-state index in [2.05, 4.69) is 60.7 Å². The summed E-state index contributed by atoms with van der Waals surface area (Å²) < 4.78 is 2.57. The third-order valence-corrected chi connectivity index (χ3v) is 4.72. The Bertz CT molecular complexity index is 907. The van der Waals surface area contributed by atoms with Crippen molar-refractivity contribution >= 4 is 44.8 Å². The minimum absolute atomic E-state index is 0.824. The molecule has 2 heteroatoms. The van der Waals surface area contributed by atoms with E-state index >= 15 is 0 Å². The van der Waals surface area contributed by atoms with Gasteiger partial charge in [0.2, 0.25) is 0 Å². The number of hydrogen-bond acceptors (Lipinski definition) is 1. The molecule has 0 aliphatic carbocycles. The Hall–Kier alpha value is -2.06. The molecule has 0 aliphatic rings. The Balaban J connectivity index is 2.14. The van der Waals surface area contributed by atoms with Crippen LogP contribution in [0.3, 0.4) is 0 Å². The molecule has 0 unspecified atom stereocenters. The molecule has 0 saturated heterocycles. The molecular weight excluding hydrogens is 259 g/mol. The van der Waals surface area contributed by atoms with Crippen LogP contribution < -0.4 is 5.46 Å². The molecule has 1 heterocycles. The number of thiophene rings is 1. The Morgan fingerprint density at radius 2 is 1.60 bits per heavy atom. The lowest BCUT2D eigenvalue weighted by Crippen LogP contribution is -1.98. The van der Waals surface area contributed by atoms with Crippen molar-refractivity contribution in [2.75, 3.05) is 0 Å². The van der Waals surface area contributed by atoms with Gasteiger partial charge in [-0.1, -0.05) is 66.1 Å². The van der Waals surface area contributed by atoms with Crippen LogP contribution in [0, 0.1) is 0 Å². The van der Waals surface area contributed by atoms with E-state index in [9.17, 15) is 0 Å². The van der Waals surface area contributed by atoms with Gasteiger partial charge in [-0.25, -0.2) is 0 Å². The van der Waals surface area contributed by atoms with E-state index in [0.29, 0.717) is 0 Å². The van der Waals surface area contributed by atoms with E-state index < -0.39 is 0 Å². The molecule has 20 heavy (non-hydrogen) atoms. The molecule has 0 saturated carbocycles. The molecular formula is C18H11BS. The Morgan fingerprint density at radius 3 is 2.45 bits per heavy atom. The van der Waals surface area contributed by atoms with Gasteiger partial charge in [-0.2, -0.15) is 0 Å². The molecule has 3 aromatic carbocycles. The summed E-state index contributed by atoms with van der Waals surface area (Å²) >= 11 is 1.80. The fourth-order valence-electron chi connectivity index (χ4n) is 2.70. The number of benzene rings is 3. The monoisotopic (exact) mass is 270 g/mol. The molecule has 0 spiro atoms. The van der Waals surface area contributed by atoms with Gasteiger partial charge >= 0.3 is 0 Å². The summed E-state index contributed by atoms with van der Waals surface area (Å²) in [5, 5.41) is 2.62. The molecule has 0 nitrogen and oxygen atoms in total. The van der Waals surface area contributed by atoms with E-state index in [1.807, 2.05) is 6.07 Å². The van der Waals surface area contributed by atoms with Gasteiger partial charge in [-0.15, -0.1) is 11.3 Å². The van der Waals surface area contributed by atoms with Crippen molar-refractivity contribution in [1.82, 2.24) is 0 Å². The Labute approximate surface area is 123 Å². The number of hydrogen-bond donors (Lipinski definition) is 0. The van der Waals surface area contributed by atoms with Gasteiger partial charge in [0.1, 0.15) is 7.85 Å². The molecule has 1 aromatic heterocycles. The lowest BCUT2D eigenvalue weighted by atomic mass is 9.94. The zero-order valence-corrected chi connectivity index (χ0v) is 11.7. The van der Waals surface area contributed by atoms with Crippen LogP contribution in [0.15, 0.2) is 66.7 Å². The highest BCUT2D eigenvalue weighted by atomic mass is 32.1. The summed E-state index contributed by atoms with van der Waals surface area (Å²) in [4.78, 5) is 0. The van der Waals surface area contributed by atoms with Crippen molar-refractivity contribution in [1.29, 1.82) is 0 Å². The summed E-state index contributed by atoms with van der Waals surface area (Å²) in [5.41, 5.74) is 3.37. The topological polar surface area (TPSA) is 0 Å². The first-order valence-corrected chi connectivity index (χ1v) is 7.41. The largest absolute Gasteiger partial charge is 0.135 e. The van der Waals surface area contributed by atoms with Crippen LogP contribution in [-0.4, -0.2) is 7.85 Å². The summed E-state index contributed by atoms with van der Waals surface area (Å²) in [6.07, 6.45) is 0. The molecule has 0 amide bonds. The van der Waals surface area contributed by atoms with Crippen molar-refractivity contribution < 1.29 is 0 Å². The van der Waals surface area contributed by atoms with Crippen LogP contribution in [-0.2, 0) is 0 Å². The molecule has 4 aromatic rings. The van der Waals surface area contributed by atoms with Crippen molar-refractivity contribution in [3.05, 3.63) is 66.7 Å². The molecule has 2 radical (unpaired) electrons. The van der Waals surface area contributed by atoms with E-state index in [4.69, 9.17) is 7.85 Å². The predicted molar refractivity (Wildman–Crippen MR) is 90.2 cm³/mol. The molecule has 4 rings (SSSR count). The first-order chi connectivity index (χ1) is 9.83. The van der Waals surface area contributed by atoms with Crippen LogP contribution in [0.25, 0.3) is 31.3 Å². The van der Waals surface area contributed by atoms with Gasteiger partial charge in [-0.05, 0) is 17.2 Å². The van der Waals surface area contributed by atoms with Gasteiger partial charge in [0, 0.05) is 20.2 Å². The second-order valence-electron chi connectivity index (χ2n) is 4.90. The maximum Gasteiger partial charge on any atom is 0.113 e. The third-order valence-electron chi connectivity index (χ3n) is 3.61.